The van der Waals surface area contributed by atoms with E-state index < -0.39 is 88.6 Å². The fourth-order valence-corrected chi connectivity index (χ4v) is 8.54. The summed E-state index contributed by atoms with van der Waals surface area (Å²) in [5.74, 6) is -9.90. The van der Waals surface area contributed by atoms with Gasteiger partial charge in [0.05, 0.1) is 13.2 Å². The molecule has 0 aliphatic carbocycles. The molecule has 0 radical (unpaired) electrons. The van der Waals surface area contributed by atoms with Crippen LogP contribution in [0.2, 0.25) is 0 Å². The third-order valence-electron chi connectivity index (χ3n) is 5.35. The molecule has 0 atom stereocenters. The Kier molecular flexibility index (Phi) is 8.39. The maximum absolute atomic E-state index is 14.3. The molecule has 0 aromatic heterocycles. The predicted octanol–water partition coefficient (Wildman–Crippen LogP) is 0.862. The molecule has 2 saturated heterocycles. The van der Waals surface area contributed by atoms with Crippen molar-refractivity contribution >= 4 is 35.6 Å². The molecule has 0 unspecified atom stereocenters. The second-order valence-corrected chi connectivity index (χ2v) is 14.2. The normalized spacial score (nSPS) is 20.4. The van der Waals surface area contributed by atoms with Crippen LogP contribution >= 0.6 is 0 Å². The number of ether oxygens (including phenoxy) is 1. The molecular weight excluding hydrogens is 584 g/mol. The summed E-state index contributed by atoms with van der Waals surface area (Å²) in [6.45, 7) is -3.51. The maximum atomic E-state index is 14.3. The highest BCUT2D eigenvalue weighted by Gasteiger charge is 2.83. The van der Waals surface area contributed by atoms with E-state index in [2.05, 4.69) is 0 Å². The highest BCUT2D eigenvalue weighted by Crippen LogP contribution is 2.52. The quantitative estimate of drug-likeness (QED) is 0.354. The van der Waals surface area contributed by atoms with Crippen LogP contribution in [0.4, 0.5) is 35.1 Å². The van der Waals surface area contributed by atoms with Gasteiger partial charge in [-0.3, -0.25) is 4.79 Å². The first kappa shape index (κ1) is 30.9. The Balaban J connectivity index is 2.42. The molecule has 0 spiro atoms. The summed E-state index contributed by atoms with van der Waals surface area (Å²) >= 11 is 0. The van der Waals surface area contributed by atoms with Crippen LogP contribution in [0.3, 0.4) is 0 Å². The minimum atomic E-state index is -7.51. The van der Waals surface area contributed by atoms with Gasteiger partial charge in [0.15, 0.2) is 5.08 Å². The number of carbonyl (C=O) groups is 1. The Bertz CT molecular complexity index is 1160. The van der Waals surface area contributed by atoms with E-state index in [0.29, 0.717) is 0 Å². The van der Waals surface area contributed by atoms with Gasteiger partial charge in [-0.2, -0.15) is 39.4 Å². The topological polar surface area (TPSA) is 135 Å². The van der Waals surface area contributed by atoms with Gasteiger partial charge < -0.3 is 9.64 Å². The number of hydrogen-bond acceptors (Lipinski definition) is 8. The second-order valence-electron chi connectivity index (χ2n) is 7.84. The van der Waals surface area contributed by atoms with E-state index in [0.717, 1.165) is 0 Å². The number of carbonyl (C=O) groups excluding carboxylic acids is 1. The number of amides is 1. The summed E-state index contributed by atoms with van der Waals surface area (Å²) in [5, 5.41) is -23.3. The Morgan fingerprint density at radius 1 is 0.694 bits per heavy atom. The first-order valence-electron chi connectivity index (χ1n) is 9.90. The van der Waals surface area contributed by atoms with Crippen molar-refractivity contribution in [2.75, 3.05) is 44.5 Å². The number of sulfone groups is 2. The van der Waals surface area contributed by atoms with Crippen molar-refractivity contribution in [3.63, 3.8) is 0 Å². The number of hydrogen-bond donors (Lipinski definition) is 0. The fraction of sp³-hybridized carbons (Fsp3) is 0.933. The van der Waals surface area contributed by atoms with Gasteiger partial charge >= 0.3 is 27.6 Å². The minimum absolute atomic E-state index is 0.111. The van der Waals surface area contributed by atoms with Gasteiger partial charge in [-0.15, -0.1) is 0 Å². The van der Waals surface area contributed by atoms with Crippen molar-refractivity contribution in [1.82, 2.24) is 9.21 Å². The van der Waals surface area contributed by atoms with Crippen molar-refractivity contribution in [3.8, 4) is 0 Å². The number of piperidine rings is 1. The summed E-state index contributed by atoms with van der Waals surface area (Å²) in [4.78, 5) is 12.0. The van der Waals surface area contributed by atoms with Crippen molar-refractivity contribution in [1.29, 1.82) is 0 Å². The Labute approximate surface area is 200 Å². The molecule has 1 amide bonds. The summed E-state index contributed by atoms with van der Waals surface area (Å²) < 4.78 is 191. The van der Waals surface area contributed by atoms with Crippen LogP contribution in [0.15, 0.2) is 0 Å². The zero-order chi connectivity index (χ0) is 28.0. The number of nitrogens with zero attached hydrogens (tertiary/aromatic N) is 2. The molecule has 0 aromatic rings. The zero-order valence-corrected chi connectivity index (χ0v) is 20.4. The molecule has 0 N–H and O–H groups in total. The zero-order valence-electron chi connectivity index (χ0n) is 18.0. The van der Waals surface area contributed by atoms with Crippen LogP contribution in [0.25, 0.3) is 0 Å². The van der Waals surface area contributed by atoms with Crippen LogP contribution in [-0.4, -0.2) is 107 Å². The van der Waals surface area contributed by atoms with E-state index in [4.69, 9.17) is 4.74 Å². The molecule has 2 heterocycles. The van der Waals surface area contributed by atoms with Crippen molar-refractivity contribution in [3.05, 3.63) is 0 Å². The lowest BCUT2D eigenvalue weighted by Crippen LogP contribution is -2.64. The second kappa shape index (κ2) is 9.77. The molecule has 212 valence electrons. The average Bonchev–Trinajstić information content (AvgIpc) is 2.78. The van der Waals surface area contributed by atoms with Crippen molar-refractivity contribution in [2.24, 2.45) is 0 Å². The standard InChI is InChI=1S/C15H20F8N2O8S3/c16-12(17,11(26)24-6-8-33-9-7-24)34(27,28)10-35(29,30)14(20,21)13(18,19)15(22,23)36(31,32)25-4-2-1-3-5-25/h1-10H2. The average molecular weight is 605 g/mol. The van der Waals surface area contributed by atoms with E-state index in [1.54, 1.807) is 0 Å². The smallest absolute Gasteiger partial charge is 0.378 e. The molecule has 2 fully saturated rings. The third-order valence-corrected chi connectivity index (χ3v) is 11.8. The third kappa shape index (κ3) is 4.92. The molecule has 2 aliphatic heterocycles. The largest absolute Gasteiger partial charge is 0.428 e. The van der Waals surface area contributed by atoms with Gasteiger partial charge in [0.2, 0.25) is 19.7 Å². The van der Waals surface area contributed by atoms with Crippen molar-refractivity contribution < 1.29 is 69.9 Å². The molecule has 21 heteroatoms. The maximum Gasteiger partial charge on any atom is 0.428 e. The monoisotopic (exact) mass is 604 g/mol. The van der Waals surface area contributed by atoms with Gasteiger partial charge in [-0.05, 0) is 12.8 Å². The van der Waals surface area contributed by atoms with Gasteiger partial charge in [-0.25, -0.2) is 25.3 Å². The SMILES string of the molecule is O=C(N1CCOCC1)C(F)(F)S(=O)(=O)CS(=O)(=O)C(F)(F)C(F)(F)C(F)(F)S(=O)(=O)N1CCCCC1. The molecule has 0 aromatic carbocycles. The van der Waals surface area contributed by atoms with Gasteiger partial charge in [0.1, 0.15) is 0 Å². The minimum Gasteiger partial charge on any atom is -0.378 e. The number of halogens is 8. The summed E-state index contributed by atoms with van der Waals surface area (Å²) in [6, 6.07) is 0. The van der Waals surface area contributed by atoms with E-state index >= 15 is 0 Å². The number of rotatable bonds is 9. The first-order chi connectivity index (χ1) is 16.1. The lowest BCUT2D eigenvalue weighted by Gasteiger charge is -2.36. The number of alkyl halides is 8. The molecule has 0 bridgehead atoms. The van der Waals surface area contributed by atoms with Crippen molar-refractivity contribution in [2.45, 2.75) is 40.9 Å². The number of morpholine rings is 1. The Hall–Kier alpha value is -1.32. The molecule has 10 nitrogen and oxygen atoms in total. The molecule has 36 heavy (non-hydrogen) atoms. The van der Waals surface area contributed by atoms with E-state index in [-0.39, 0.29) is 41.7 Å². The highest BCUT2D eigenvalue weighted by atomic mass is 32.3. The lowest BCUT2D eigenvalue weighted by molar-refractivity contribution is -0.244. The fourth-order valence-electron chi connectivity index (χ4n) is 3.23. The Morgan fingerprint density at radius 2 is 1.17 bits per heavy atom. The molecule has 2 aliphatic rings. The van der Waals surface area contributed by atoms with E-state index in [1.165, 1.54) is 0 Å². The number of sulfonamides is 1. The summed E-state index contributed by atoms with van der Waals surface area (Å²) in [7, 11) is -21.0. The lowest BCUT2D eigenvalue weighted by atomic mass is 10.2. The first-order valence-corrected chi connectivity index (χ1v) is 14.6. The van der Waals surface area contributed by atoms with E-state index in [1.807, 2.05) is 0 Å². The van der Waals surface area contributed by atoms with Gasteiger partial charge in [-0.1, -0.05) is 6.42 Å². The highest BCUT2D eigenvalue weighted by molar-refractivity contribution is 8.09. The van der Waals surface area contributed by atoms with Gasteiger partial charge in [0, 0.05) is 26.2 Å². The Morgan fingerprint density at radius 3 is 1.64 bits per heavy atom. The van der Waals surface area contributed by atoms with Crippen LogP contribution < -0.4 is 0 Å². The summed E-state index contributed by atoms with van der Waals surface area (Å²) in [5.41, 5.74) is 0. The molecule has 0 saturated carbocycles. The van der Waals surface area contributed by atoms with Crippen LogP contribution in [-0.2, 0) is 39.2 Å². The van der Waals surface area contributed by atoms with Crippen LogP contribution in [0.5, 0.6) is 0 Å². The van der Waals surface area contributed by atoms with E-state index in [9.17, 15) is 65.2 Å². The summed E-state index contributed by atoms with van der Waals surface area (Å²) in [6.07, 6.45) is 0.0634. The van der Waals surface area contributed by atoms with Crippen LogP contribution in [0.1, 0.15) is 19.3 Å². The van der Waals surface area contributed by atoms with Crippen LogP contribution in [0, 0.1) is 0 Å². The van der Waals surface area contributed by atoms with Gasteiger partial charge in [0.25, 0.3) is 10.0 Å². The predicted molar refractivity (Wildman–Crippen MR) is 104 cm³/mol. The molecule has 2 rings (SSSR count). The molecular formula is C15H20F8N2O8S3.